The van der Waals surface area contributed by atoms with Gasteiger partial charge in [0.25, 0.3) is 0 Å². The average molecular weight is 358 g/mol. The van der Waals surface area contributed by atoms with E-state index in [4.69, 9.17) is 18.7 Å². The Balaban J connectivity index is 1.56. The zero-order valence-corrected chi connectivity index (χ0v) is 14.8. The molecule has 2 heterocycles. The SMILES string of the molecule is CCOc1ccc(/C=N/OCc2coc(-c3cccs3)n2)cc1OC. The van der Waals surface area contributed by atoms with Crippen LogP contribution in [0.25, 0.3) is 10.8 Å². The lowest BCUT2D eigenvalue weighted by Crippen LogP contribution is -1.96. The monoisotopic (exact) mass is 358 g/mol. The molecule has 2 aromatic heterocycles. The van der Waals surface area contributed by atoms with Gasteiger partial charge in [-0.1, -0.05) is 11.2 Å². The van der Waals surface area contributed by atoms with Crippen molar-refractivity contribution >= 4 is 17.6 Å². The molecule has 0 bridgehead atoms. The fourth-order valence-corrected chi connectivity index (χ4v) is 2.78. The van der Waals surface area contributed by atoms with Crippen molar-refractivity contribution in [2.45, 2.75) is 13.5 Å². The Morgan fingerprint density at radius 2 is 2.20 bits per heavy atom. The van der Waals surface area contributed by atoms with Gasteiger partial charge in [0.2, 0.25) is 5.89 Å². The van der Waals surface area contributed by atoms with E-state index < -0.39 is 0 Å². The second-order valence-corrected chi connectivity index (χ2v) is 5.92. The molecule has 0 aliphatic rings. The van der Waals surface area contributed by atoms with Gasteiger partial charge < -0.3 is 18.7 Å². The second-order valence-electron chi connectivity index (χ2n) is 4.97. The van der Waals surface area contributed by atoms with Crippen LogP contribution in [0.3, 0.4) is 0 Å². The number of nitrogens with zero attached hydrogens (tertiary/aromatic N) is 2. The van der Waals surface area contributed by atoms with Crippen LogP contribution in [-0.2, 0) is 11.4 Å². The van der Waals surface area contributed by atoms with Crippen LogP contribution in [0.4, 0.5) is 0 Å². The number of aromatic nitrogens is 1. The normalized spacial score (nSPS) is 11.0. The summed E-state index contributed by atoms with van der Waals surface area (Å²) in [5, 5.41) is 5.94. The van der Waals surface area contributed by atoms with E-state index in [1.165, 1.54) is 0 Å². The first-order chi connectivity index (χ1) is 12.3. The van der Waals surface area contributed by atoms with Gasteiger partial charge in [-0.05, 0) is 36.6 Å². The first-order valence-electron chi connectivity index (χ1n) is 7.74. The molecule has 0 unspecified atom stereocenters. The van der Waals surface area contributed by atoms with E-state index in [9.17, 15) is 0 Å². The van der Waals surface area contributed by atoms with Gasteiger partial charge in [-0.15, -0.1) is 11.3 Å². The quantitative estimate of drug-likeness (QED) is 0.442. The Morgan fingerprint density at radius 3 is 2.96 bits per heavy atom. The number of oxazole rings is 1. The molecule has 0 N–H and O–H groups in total. The fourth-order valence-electron chi connectivity index (χ4n) is 2.13. The van der Waals surface area contributed by atoms with Gasteiger partial charge in [0, 0.05) is 5.56 Å². The van der Waals surface area contributed by atoms with Crippen molar-refractivity contribution in [2.75, 3.05) is 13.7 Å². The minimum Gasteiger partial charge on any atom is -0.493 e. The summed E-state index contributed by atoms with van der Waals surface area (Å²) in [7, 11) is 1.60. The molecule has 6 nitrogen and oxygen atoms in total. The maximum atomic E-state index is 5.48. The predicted octanol–water partition coefficient (Wildman–Crippen LogP) is 4.36. The van der Waals surface area contributed by atoms with Crippen molar-refractivity contribution in [1.82, 2.24) is 4.98 Å². The Labute approximate surface area is 149 Å². The van der Waals surface area contributed by atoms with Gasteiger partial charge in [0.1, 0.15) is 12.0 Å². The highest BCUT2D eigenvalue weighted by Crippen LogP contribution is 2.27. The number of benzene rings is 1. The first-order valence-corrected chi connectivity index (χ1v) is 8.62. The summed E-state index contributed by atoms with van der Waals surface area (Å²) < 4.78 is 16.2. The molecule has 0 aliphatic heterocycles. The number of thiophene rings is 1. The third-order valence-corrected chi connectivity index (χ3v) is 4.12. The van der Waals surface area contributed by atoms with Crippen LogP contribution >= 0.6 is 11.3 Å². The molecular formula is C18H18N2O4S. The maximum Gasteiger partial charge on any atom is 0.236 e. The summed E-state index contributed by atoms with van der Waals surface area (Å²) in [6.45, 7) is 2.74. The van der Waals surface area contributed by atoms with Gasteiger partial charge in [0.05, 0.1) is 24.8 Å². The smallest absolute Gasteiger partial charge is 0.236 e. The molecule has 0 amide bonds. The lowest BCUT2D eigenvalue weighted by atomic mass is 10.2. The van der Waals surface area contributed by atoms with Crippen LogP contribution in [0.2, 0.25) is 0 Å². The third kappa shape index (κ3) is 4.39. The minimum absolute atomic E-state index is 0.236. The van der Waals surface area contributed by atoms with Gasteiger partial charge >= 0.3 is 0 Å². The molecule has 0 saturated heterocycles. The number of oxime groups is 1. The topological polar surface area (TPSA) is 66.1 Å². The summed E-state index contributed by atoms with van der Waals surface area (Å²) in [5.74, 6) is 1.95. The van der Waals surface area contributed by atoms with E-state index in [1.807, 2.05) is 42.6 Å². The van der Waals surface area contributed by atoms with E-state index in [0.29, 0.717) is 29.7 Å². The zero-order valence-electron chi connectivity index (χ0n) is 14.0. The summed E-state index contributed by atoms with van der Waals surface area (Å²) in [5.41, 5.74) is 1.53. The summed E-state index contributed by atoms with van der Waals surface area (Å²) >= 11 is 1.57. The highest BCUT2D eigenvalue weighted by Gasteiger charge is 2.08. The molecule has 0 atom stereocenters. The fraction of sp³-hybridized carbons (Fsp3) is 0.222. The van der Waals surface area contributed by atoms with Crippen LogP contribution in [-0.4, -0.2) is 24.9 Å². The second kappa shape index (κ2) is 8.34. The van der Waals surface area contributed by atoms with Gasteiger partial charge in [-0.2, -0.15) is 0 Å². The van der Waals surface area contributed by atoms with Crippen molar-refractivity contribution in [2.24, 2.45) is 5.16 Å². The number of methoxy groups -OCH3 is 1. The van der Waals surface area contributed by atoms with E-state index in [1.54, 1.807) is 30.9 Å². The highest BCUT2D eigenvalue weighted by atomic mass is 32.1. The van der Waals surface area contributed by atoms with Crippen LogP contribution in [0.1, 0.15) is 18.2 Å². The van der Waals surface area contributed by atoms with Gasteiger partial charge in [0.15, 0.2) is 18.1 Å². The maximum absolute atomic E-state index is 5.48. The number of ether oxygens (including phenoxy) is 2. The highest BCUT2D eigenvalue weighted by molar-refractivity contribution is 7.13. The molecule has 1 aromatic carbocycles. The van der Waals surface area contributed by atoms with E-state index in [2.05, 4.69) is 10.1 Å². The van der Waals surface area contributed by atoms with E-state index in [-0.39, 0.29) is 6.61 Å². The molecule has 0 saturated carbocycles. The number of rotatable bonds is 8. The number of hydrogen-bond acceptors (Lipinski definition) is 7. The Kier molecular flexibility index (Phi) is 5.69. The molecule has 3 rings (SSSR count). The average Bonchev–Trinajstić information content (AvgIpc) is 3.31. The molecule has 0 aliphatic carbocycles. The van der Waals surface area contributed by atoms with Gasteiger partial charge in [-0.25, -0.2) is 4.98 Å². The molecule has 25 heavy (non-hydrogen) atoms. The minimum atomic E-state index is 0.236. The molecule has 7 heteroatoms. The molecule has 3 aromatic rings. The first kappa shape index (κ1) is 17.0. The number of hydrogen-bond donors (Lipinski definition) is 0. The van der Waals surface area contributed by atoms with E-state index >= 15 is 0 Å². The molecule has 130 valence electrons. The Morgan fingerprint density at radius 1 is 1.28 bits per heavy atom. The lowest BCUT2D eigenvalue weighted by molar-refractivity contribution is 0.129. The van der Waals surface area contributed by atoms with Gasteiger partial charge in [-0.3, -0.25) is 0 Å². The third-order valence-electron chi connectivity index (χ3n) is 3.26. The lowest BCUT2D eigenvalue weighted by Gasteiger charge is -2.09. The molecule has 0 spiro atoms. The molecule has 0 radical (unpaired) electrons. The largest absolute Gasteiger partial charge is 0.493 e. The summed E-state index contributed by atoms with van der Waals surface area (Å²) in [6, 6.07) is 9.47. The Hall–Kier alpha value is -2.80. The zero-order chi connectivity index (χ0) is 17.5. The Bertz CT molecular complexity index is 827. The standard InChI is InChI=1S/C18H18N2O4S/c1-3-22-15-7-6-13(9-16(15)21-2)10-19-24-12-14-11-23-18(20-14)17-5-4-8-25-17/h4-11H,3,12H2,1-2H3/b19-10+. The van der Waals surface area contributed by atoms with E-state index in [0.717, 1.165) is 10.4 Å². The van der Waals surface area contributed by atoms with Crippen molar-refractivity contribution in [3.8, 4) is 22.3 Å². The van der Waals surface area contributed by atoms with Crippen molar-refractivity contribution in [1.29, 1.82) is 0 Å². The van der Waals surface area contributed by atoms with Crippen LogP contribution in [0, 0.1) is 0 Å². The summed E-state index contributed by atoms with van der Waals surface area (Å²) in [6.07, 6.45) is 3.18. The summed E-state index contributed by atoms with van der Waals surface area (Å²) in [4.78, 5) is 10.6. The predicted molar refractivity (Wildman–Crippen MR) is 96.4 cm³/mol. The van der Waals surface area contributed by atoms with Crippen molar-refractivity contribution in [3.63, 3.8) is 0 Å². The van der Waals surface area contributed by atoms with Crippen LogP contribution in [0.15, 0.2) is 51.5 Å². The molecular weight excluding hydrogens is 340 g/mol. The van der Waals surface area contributed by atoms with Crippen molar-refractivity contribution < 1.29 is 18.7 Å². The molecule has 0 fully saturated rings. The van der Waals surface area contributed by atoms with Crippen molar-refractivity contribution in [3.05, 3.63) is 53.2 Å². The van der Waals surface area contributed by atoms with Crippen LogP contribution in [0.5, 0.6) is 11.5 Å². The van der Waals surface area contributed by atoms with Crippen LogP contribution < -0.4 is 9.47 Å².